The van der Waals surface area contributed by atoms with E-state index >= 15 is 0 Å². The van der Waals surface area contributed by atoms with Crippen LogP contribution in [-0.2, 0) is 0 Å². The van der Waals surface area contributed by atoms with E-state index in [1.54, 1.807) is 7.05 Å². The number of amides is 1. The molecule has 0 spiro atoms. The molecular weight excluding hydrogens is 317 g/mol. The van der Waals surface area contributed by atoms with E-state index in [-0.39, 0.29) is 12.5 Å². The van der Waals surface area contributed by atoms with E-state index in [1.807, 2.05) is 19.9 Å². The predicted molar refractivity (Wildman–Crippen MR) is 72.7 cm³/mol. The van der Waals surface area contributed by atoms with Crippen LogP contribution < -0.4 is 0 Å². The summed E-state index contributed by atoms with van der Waals surface area (Å²) in [5, 5.41) is 8.82. The molecule has 1 aromatic carbocycles. The van der Waals surface area contributed by atoms with Gasteiger partial charge in [-0.3, -0.25) is 4.79 Å². The maximum absolute atomic E-state index is 12.1. The van der Waals surface area contributed by atoms with Gasteiger partial charge in [-0.05, 0) is 59.7 Å². The highest BCUT2D eigenvalue weighted by atomic mass is 127. The van der Waals surface area contributed by atoms with Gasteiger partial charge < -0.3 is 10.0 Å². The van der Waals surface area contributed by atoms with Gasteiger partial charge in [0.25, 0.3) is 5.91 Å². The molecule has 3 nitrogen and oxygen atoms in total. The summed E-state index contributed by atoms with van der Waals surface area (Å²) >= 11 is 2.21. The van der Waals surface area contributed by atoms with Gasteiger partial charge in [-0.25, -0.2) is 0 Å². The summed E-state index contributed by atoms with van der Waals surface area (Å²) in [5.74, 6) is -0.0341. The van der Waals surface area contributed by atoms with E-state index in [0.717, 1.165) is 20.3 Å². The lowest BCUT2D eigenvalue weighted by molar-refractivity contribution is 0.0766. The van der Waals surface area contributed by atoms with Crippen molar-refractivity contribution in [3.05, 3.63) is 32.4 Å². The highest BCUT2D eigenvalue weighted by Gasteiger charge is 2.15. The molecule has 0 atom stereocenters. The van der Waals surface area contributed by atoms with Gasteiger partial charge in [-0.2, -0.15) is 0 Å². The number of aliphatic hydroxyl groups excluding tert-OH is 1. The van der Waals surface area contributed by atoms with Gasteiger partial charge in [0, 0.05) is 22.7 Å². The lowest BCUT2D eigenvalue weighted by Gasteiger charge is -2.18. The van der Waals surface area contributed by atoms with E-state index in [1.165, 1.54) is 4.90 Å². The fourth-order valence-corrected chi connectivity index (χ4v) is 2.27. The average Bonchev–Trinajstić information content (AvgIpc) is 2.22. The van der Waals surface area contributed by atoms with Crippen LogP contribution in [0.1, 0.15) is 21.5 Å². The Hall–Kier alpha value is -0.620. The third-order valence-corrected chi connectivity index (χ3v) is 3.27. The Balaban J connectivity index is 3.08. The molecule has 0 radical (unpaired) electrons. The highest BCUT2D eigenvalue weighted by molar-refractivity contribution is 14.1. The molecule has 16 heavy (non-hydrogen) atoms. The lowest BCUT2D eigenvalue weighted by atomic mass is 10.0. The standard InChI is InChI=1S/C12H16INO2/c1-8-6-10(13)7-11(9(8)2)12(16)14(3)4-5-15/h6-7,15H,4-5H2,1-3H3. The highest BCUT2D eigenvalue weighted by Crippen LogP contribution is 2.19. The molecule has 1 N–H and O–H groups in total. The minimum Gasteiger partial charge on any atom is -0.395 e. The topological polar surface area (TPSA) is 40.5 Å². The molecule has 1 rings (SSSR count). The van der Waals surface area contributed by atoms with Crippen molar-refractivity contribution in [1.29, 1.82) is 0 Å². The van der Waals surface area contributed by atoms with Crippen molar-refractivity contribution in [2.45, 2.75) is 13.8 Å². The molecule has 0 saturated heterocycles. The molecule has 0 aliphatic heterocycles. The summed E-state index contributed by atoms with van der Waals surface area (Å²) in [6.45, 7) is 4.30. The first kappa shape index (κ1) is 13.4. The summed E-state index contributed by atoms with van der Waals surface area (Å²) in [5.41, 5.74) is 2.85. The molecule has 0 unspecified atom stereocenters. The van der Waals surface area contributed by atoms with E-state index in [9.17, 15) is 4.79 Å². The largest absolute Gasteiger partial charge is 0.395 e. The number of nitrogens with zero attached hydrogens (tertiary/aromatic N) is 1. The quantitative estimate of drug-likeness (QED) is 0.860. The predicted octanol–water partition coefficient (Wildman–Crippen LogP) is 1.97. The van der Waals surface area contributed by atoms with Gasteiger partial charge in [0.15, 0.2) is 0 Å². The van der Waals surface area contributed by atoms with Crippen molar-refractivity contribution in [2.24, 2.45) is 0 Å². The van der Waals surface area contributed by atoms with E-state index in [4.69, 9.17) is 5.11 Å². The number of halogens is 1. The number of carbonyl (C=O) groups excluding carboxylic acids is 1. The van der Waals surface area contributed by atoms with Crippen molar-refractivity contribution < 1.29 is 9.90 Å². The van der Waals surface area contributed by atoms with E-state index in [2.05, 4.69) is 28.7 Å². The summed E-state index contributed by atoms with van der Waals surface area (Å²) in [6, 6.07) is 3.94. The van der Waals surface area contributed by atoms with Crippen LogP contribution in [0.25, 0.3) is 0 Å². The van der Waals surface area contributed by atoms with Gasteiger partial charge in [-0.15, -0.1) is 0 Å². The van der Waals surface area contributed by atoms with Crippen molar-refractivity contribution in [1.82, 2.24) is 4.90 Å². The normalized spacial score (nSPS) is 10.3. The molecule has 0 bridgehead atoms. The zero-order valence-electron chi connectivity index (χ0n) is 9.75. The zero-order valence-corrected chi connectivity index (χ0v) is 11.9. The fraction of sp³-hybridized carbons (Fsp3) is 0.417. The molecule has 0 fully saturated rings. The van der Waals surface area contributed by atoms with Crippen molar-refractivity contribution in [2.75, 3.05) is 20.2 Å². The smallest absolute Gasteiger partial charge is 0.253 e. The van der Waals surface area contributed by atoms with Crippen LogP contribution in [0.15, 0.2) is 12.1 Å². The Morgan fingerprint density at radius 1 is 1.44 bits per heavy atom. The van der Waals surface area contributed by atoms with Crippen molar-refractivity contribution >= 4 is 28.5 Å². The number of rotatable bonds is 3. The van der Waals surface area contributed by atoms with Gasteiger partial charge in [0.2, 0.25) is 0 Å². The Bertz CT molecular complexity index is 404. The van der Waals surface area contributed by atoms with Crippen LogP contribution in [-0.4, -0.2) is 36.1 Å². The summed E-state index contributed by atoms with van der Waals surface area (Å²) in [4.78, 5) is 13.6. The molecule has 0 saturated carbocycles. The molecule has 0 heterocycles. The minimum absolute atomic E-state index is 0.00973. The molecular formula is C12H16INO2. The first-order chi connectivity index (χ1) is 7.47. The second-order valence-electron chi connectivity index (χ2n) is 3.85. The van der Waals surface area contributed by atoms with E-state index < -0.39 is 0 Å². The Morgan fingerprint density at radius 2 is 2.06 bits per heavy atom. The summed E-state index contributed by atoms with van der Waals surface area (Å²) in [7, 11) is 1.70. The number of likely N-dealkylation sites (N-methyl/N-ethyl adjacent to an activating group) is 1. The zero-order chi connectivity index (χ0) is 12.3. The van der Waals surface area contributed by atoms with Gasteiger partial charge in [-0.1, -0.05) is 0 Å². The maximum atomic E-state index is 12.1. The molecule has 1 amide bonds. The lowest BCUT2D eigenvalue weighted by Crippen LogP contribution is -2.30. The number of aliphatic hydroxyl groups is 1. The number of carbonyl (C=O) groups is 1. The number of aryl methyl sites for hydroxylation is 1. The molecule has 88 valence electrons. The summed E-state index contributed by atoms with van der Waals surface area (Å²) < 4.78 is 1.06. The fourth-order valence-electron chi connectivity index (χ4n) is 1.49. The molecule has 4 heteroatoms. The molecule has 0 aliphatic rings. The van der Waals surface area contributed by atoms with Crippen molar-refractivity contribution in [3.8, 4) is 0 Å². The molecule has 0 aliphatic carbocycles. The Kier molecular flexibility index (Phi) is 4.73. The van der Waals surface area contributed by atoms with Crippen LogP contribution in [0, 0.1) is 17.4 Å². The van der Waals surface area contributed by atoms with Gasteiger partial charge in [0.1, 0.15) is 0 Å². The molecule has 1 aromatic rings. The number of benzene rings is 1. The second-order valence-corrected chi connectivity index (χ2v) is 5.09. The van der Waals surface area contributed by atoms with Gasteiger partial charge >= 0.3 is 0 Å². The maximum Gasteiger partial charge on any atom is 0.253 e. The third-order valence-electron chi connectivity index (χ3n) is 2.64. The van der Waals surface area contributed by atoms with Crippen molar-refractivity contribution in [3.63, 3.8) is 0 Å². The Morgan fingerprint density at radius 3 is 2.62 bits per heavy atom. The summed E-state index contributed by atoms with van der Waals surface area (Å²) in [6.07, 6.45) is 0. The monoisotopic (exact) mass is 333 g/mol. The SMILES string of the molecule is Cc1cc(I)cc(C(=O)N(C)CCO)c1C. The number of hydrogen-bond acceptors (Lipinski definition) is 2. The third kappa shape index (κ3) is 2.95. The Labute approximate surface area is 110 Å². The molecule has 0 aromatic heterocycles. The van der Waals surface area contributed by atoms with E-state index in [0.29, 0.717) is 6.54 Å². The first-order valence-electron chi connectivity index (χ1n) is 5.10. The first-order valence-corrected chi connectivity index (χ1v) is 6.18. The minimum atomic E-state index is -0.0341. The van der Waals surface area contributed by atoms with Crippen LogP contribution in [0.5, 0.6) is 0 Å². The van der Waals surface area contributed by atoms with Crippen LogP contribution in [0.2, 0.25) is 0 Å². The van der Waals surface area contributed by atoms with Crippen LogP contribution >= 0.6 is 22.6 Å². The van der Waals surface area contributed by atoms with Gasteiger partial charge in [0.05, 0.1) is 6.61 Å². The average molecular weight is 333 g/mol. The van der Waals surface area contributed by atoms with Crippen LogP contribution in [0.4, 0.5) is 0 Å². The van der Waals surface area contributed by atoms with Crippen LogP contribution in [0.3, 0.4) is 0 Å². The second kappa shape index (κ2) is 5.63. The number of hydrogen-bond donors (Lipinski definition) is 1.